The monoisotopic (exact) mass is 459 g/mol. The van der Waals surface area contributed by atoms with Crippen molar-refractivity contribution in [3.8, 4) is 11.5 Å². The third kappa shape index (κ3) is 7.63. The highest BCUT2D eigenvalue weighted by Gasteiger charge is 2.32. The van der Waals surface area contributed by atoms with Gasteiger partial charge in [0.2, 0.25) is 6.86 Å². The number of fused-ring (bicyclic) bond motifs is 1. The third-order valence-corrected chi connectivity index (χ3v) is 5.50. The number of hydrogen-bond acceptors (Lipinski definition) is 5. The maximum atomic E-state index is 13.1. The minimum atomic E-state index is -0.889. The molecule has 0 heterocycles. The van der Waals surface area contributed by atoms with Crippen molar-refractivity contribution in [2.45, 2.75) is 64.2 Å². The van der Waals surface area contributed by atoms with Gasteiger partial charge in [-0.2, -0.15) is 0 Å². The van der Waals surface area contributed by atoms with Crippen LogP contribution >= 0.6 is 0 Å². The molecule has 2 aromatic carbocycles. The molecule has 0 bridgehead atoms. The van der Waals surface area contributed by atoms with E-state index in [2.05, 4.69) is 0 Å². The van der Waals surface area contributed by atoms with E-state index in [1.807, 2.05) is 63.2 Å². The lowest BCUT2D eigenvalue weighted by Gasteiger charge is -2.34. The molecule has 0 fully saturated rings. The molecule has 1 unspecified atom stereocenters. The van der Waals surface area contributed by atoms with Crippen LogP contribution in [0, 0.1) is 0 Å². The van der Waals surface area contributed by atoms with Crippen molar-refractivity contribution in [3.63, 3.8) is 0 Å². The summed E-state index contributed by atoms with van der Waals surface area (Å²) < 4.78 is 29.0. The minimum absolute atomic E-state index is 0.0567. The summed E-state index contributed by atoms with van der Waals surface area (Å²) in [6, 6.07) is 14.6. The van der Waals surface area contributed by atoms with E-state index < -0.39 is 24.7 Å². The van der Waals surface area contributed by atoms with E-state index in [1.54, 1.807) is 11.0 Å². The van der Waals surface area contributed by atoms with Crippen molar-refractivity contribution in [1.82, 2.24) is 4.90 Å². The fourth-order valence-electron chi connectivity index (χ4n) is 4.02. The largest absolute Gasteiger partial charge is 0.491 e. The molecule has 33 heavy (non-hydrogen) atoms. The average Bonchev–Trinajstić information content (AvgIpc) is 2.97. The molecular formula is C26H34FNO5. The third-order valence-electron chi connectivity index (χ3n) is 5.50. The van der Waals surface area contributed by atoms with Crippen LogP contribution in [0.1, 0.15) is 44.7 Å². The molecule has 0 saturated heterocycles. The van der Waals surface area contributed by atoms with Gasteiger partial charge in [-0.1, -0.05) is 24.3 Å². The Kier molecular flexibility index (Phi) is 8.55. The Morgan fingerprint density at radius 1 is 1.12 bits per heavy atom. The van der Waals surface area contributed by atoms with Crippen LogP contribution in [0.15, 0.2) is 48.5 Å². The molecule has 0 aliphatic heterocycles. The van der Waals surface area contributed by atoms with E-state index in [-0.39, 0.29) is 19.2 Å². The predicted octanol–water partition coefficient (Wildman–Crippen LogP) is 4.92. The van der Waals surface area contributed by atoms with Crippen LogP contribution in [-0.4, -0.2) is 53.9 Å². The highest BCUT2D eigenvalue weighted by molar-refractivity contribution is 5.68. The molecule has 1 aliphatic carbocycles. The molecule has 7 heteroatoms. The fourth-order valence-corrected chi connectivity index (χ4v) is 4.02. The van der Waals surface area contributed by atoms with Crippen molar-refractivity contribution in [2.24, 2.45) is 0 Å². The SMILES string of the molecule is CC(C)(C)OC(=O)N(C[C@H](O)COc1ccccc1)C1CCCc2ccc(OCF)cc2C1. The van der Waals surface area contributed by atoms with Crippen molar-refractivity contribution < 1.29 is 28.5 Å². The lowest BCUT2D eigenvalue weighted by molar-refractivity contribution is -0.00277. The number of nitrogens with zero attached hydrogens (tertiary/aromatic N) is 1. The smallest absolute Gasteiger partial charge is 0.410 e. The summed E-state index contributed by atoms with van der Waals surface area (Å²) in [6.07, 6.45) is 1.73. The summed E-state index contributed by atoms with van der Waals surface area (Å²) in [5.74, 6) is 1.13. The highest BCUT2D eigenvalue weighted by atomic mass is 19.1. The number of alkyl halides is 1. The van der Waals surface area contributed by atoms with Gasteiger partial charge in [-0.05, 0) is 81.8 Å². The van der Waals surface area contributed by atoms with E-state index in [9.17, 15) is 14.3 Å². The first-order valence-corrected chi connectivity index (χ1v) is 11.4. The first kappa shape index (κ1) is 24.8. The maximum Gasteiger partial charge on any atom is 0.410 e. The van der Waals surface area contributed by atoms with Gasteiger partial charge in [0.05, 0.1) is 6.54 Å². The zero-order valence-electron chi connectivity index (χ0n) is 19.6. The van der Waals surface area contributed by atoms with Crippen LogP contribution in [0.4, 0.5) is 9.18 Å². The van der Waals surface area contributed by atoms with Crippen LogP contribution in [0.5, 0.6) is 11.5 Å². The Bertz CT molecular complexity index is 899. The second-order valence-electron chi connectivity index (χ2n) is 9.34. The molecule has 3 rings (SSSR count). The number of carbonyl (C=O) groups is 1. The first-order chi connectivity index (χ1) is 15.7. The number of carbonyl (C=O) groups excluding carboxylic acids is 1. The number of amides is 1. The normalized spacial score (nSPS) is 16.8. The molecule has 0 saturated carbocycles. The van der Waals surface area contributed by atoms with Gasteiger partial charge in [-0.15, -0.1) is 0 Å². The molecule has 1 N–H and O–H groups in total. The van der Waals surface area contributed by atoms with Crippen molar-refractivity contribution in [2.75, 3.05) is 20.0 Å². The number of aliphatic hydroxyl groups excluding tert-OH is 1. The van der Waals surface area contributed by atoms with Crippen LogP contribution in [0.3, 0.4) is 0 Å². The zero-order chi connectivity index (χ0) is 23.8. The number of hydrogen-bond donors (Lipinski definition) is 1. The quantitative estimate of drug-likeness (QED) is 0.568. The van der Waals surface area contributed by atoms with Crippen LogP contribution in [0.2, 0.25) is 0 Å². The Labute approximate surface area is 195 Å². The van der Waals surface area contributed by atoms with Crippen LogP contribution in [-0.2, 0) is 17.6 Å². The van der Waals surface area contributed by atoms with E-state index >= 15 is 0 Å². The van der Waals surface area contributed by atoms with Crippen molar-refractivity contribution >= 4 is 6.09 Å². The molecule has 0 aromatic heterocycles. The fraction of sp³-hybridized carbons (Fsp3) is 0.500. The second-order valence-corrected chi connectivity index (χ2v) is 9.34. The maximum absolute atomic E-state index is 13.1. The molecule has 1 amide bonds. The molecule has 180 valence electrons. The number of aliphatic hydroxyl groups is 1. The molecule has 6 nitrogen and oxygen atoms in total. The van der Waals surface area contributed by atoms with Gasteiger partial charge in [0, 0.05) is 6.04 Å². The minimum Gasteiger partial charge on any atom is -0.491 e. The van der Waals surface area contributed by atoms with Gasteiger partial charge < -0.3 is 24.2 Å². The molecule has 0 spiro atoms. The van der Waals surface area contributed by atoms with E-state index in [0.29, 0.717) is 17.9 Å². The predicted molar refractivity (Wildman–Crippen MR) is 124 cm³/mol. The summed E-state index contributed by atoms with van der Waals surface area (Å²) in [4.78, 5) is 14.8. The molecule has 1 aliphatic rings. The first-order valence-electron chi connectivity index (χ1n) is 11.4. The van der Waals surface area contributed by atoms with Gasteiger partial charge in [-0.3, -0.25) is 0 Å². The molecule has 2 atom stereocenters. The summed E-state index contributed by atoms with van der Waals surface area (Å²) in [7, 11) is 0. The summed E-state index contributed by atoms with van der Waals surface area (Å²) >= 11 is 0. The summed E-state index contributed by atoms with van der Waals surface area (Å²) in [5.41, 5.74) is 1.53. The number of halogens is 1. The lowest BCUT2D eigenvalue weighted by Crippen LogP contribution is -2.48. The van der Waals surface area contributed by atoms with Crippen LogP contribution < -0.4 is 9.47 Å². The number of rotatable bonds is 8. The van der Waals surface area contributed by atoms with Gasteiger partial charge in [0.15, 0.2) is 0 Å². The van der Waals surface area contributed by atoms with Gasteiger partial charge in [0.1, 0.15) is 29.8 Å². The Morgan fingerprint density at radius 2 is 1.88 bits per heavy atom. The van der Waals surface area contributed by atoms with Gasteiger partial charge in [-0.25, -0.2) is 9.18 Å². The lowest BCUT2D eigenvalue weighted by atomic mass is 10.0. The van der Waals surface area contributed by atoms with Crippen molar-refractivity contribution in [3.05, 3.63) is 59.7 Å². The van der Waals surface area contributed by atoms with Gasteiger partial charge >= 0.3 is 6.09 Å². The molecule has 0 radical (unpaired) electrons. The second kappa shape index (κ2) is 11.4. The number of aryl methyl sites for hydroxylation is 1. The molecule has 2 aromatic rings. The van der Waals surface area contributed by atoms with Crippen LogP contribution in [0.25, 0.3) is 0 Å². The van der Waals surface area contributed by atoms with Gasteiger partial charge in [0.25, 0.3) is 0 Å². The number of benzene rings is 2. The highest BCUT2D eigenvalue weighted by Crippen LogP contribution is 2.28. The van der Waals surface area contributed by atoms with Crippen molar-refractivity contribution in [1.29, 1.82) is 0 Å². The Morgan fingerprint density at radius 3 is 2.58 bits per heavy atom. The Hall–Kier alpha value is -2.80. The van der Waals surface area contributed by atoms with E-state index in [0.717, 1.165) is 24.8 Å². The summed E-state index contributed by atoms with van der Waals surface area (Å²) in [5, 5.41) is 10.7. The zero-order valence-corrected chi connectivity index (χ0v) is 19.6. The topological polar surface area (TPSA) is 68.2 Å². The average molecular weight is 460 g/mol. The summed E-state index contributed by atoms with van der Waals surface area (Å²) in [6.45, 7) is 4.71. The Balaban J connectivity index is 1.76. The molecular weight excluding hydrogens is 425 g/mol. The van der Waals surface area contributed by atoms with E-state index in [4.69, 9.17) is 14.2 Å². The number of para-hydroxylation sites is 1. The number of ether oxygens (including phenoxy) is 3. The standard InChI is InChI=1S/C26H34FNO5/c1-26(2,3)33-25(30)28(16-22(29)17-31-23-10-5-4-6-11-23)21-9-7-8-19-12-13-24(32-18-27)15-20(19)14-21/h4-6,10-13,15,21-22,29H,7-9,14,16-18H2,1-3H3/t21?,22-/m0/s1. The van der Waals surface area contributed by atoms with E-state index in [1.165, 1.54) is 5.56 Å².